The van der Waals surface area contributed by atoms with E-state index in [0.717, 1.165) is 6.42 Å². The van der Waals surface area contributed by atoms with E-state index in [-0.39, 0.29) is 11.9 Å². The fourth-order valence-corrected chi connectivity index (χ4v) is 1.69. The number of hydrogen-bond acceptors (Lipinski definition) is 4. The van der Waals surface area contributed by atoms with Crippen molar-refractivity contribution in [3.63, 3.8) is 0 Å². The maximum Gasteiger partial charge on any atom is 0.258 e. The van der Waals surface area contributed by atoms with Crippen LogP contribution in [0, 0.1) is 5.82 Å². The molecule has 1 unspecified atom stereocenters. The Morgan fingerprint density at radius 3 is 2.94 bits per heavy atom. The zero-order valence-electron chi connectivity index (χ0n) is 9.15. The molecule has 0 spiro atoms. The van der Waals surface area contributed by atoms with Crippen LogP contribution in [0.25, 0.3) is 11.5 Å². The lowest BCUT2D eigenvalue weighted by Crippen LogP contribution is -2.10. The smallest absolute Gasteiger partial charge is 0.258 e. The van der Waals surface area contributed by atoms with Crippen LogP contribution in [0.3, 0.4) is 0 Å². The van der Waals surface area contributed by atoms with Crippen molar-refractivity contribution in [2.45, 2.75) is 19.4 Å². The van der Waals surface area contributed by atoms with Crippen molar-refractivity contribution in [3.8, 4) is 11.5 Å². The van der Waals surface area contributed by atoms with Gasteiger partial charge in [-0.25, -0.2) is 4.39 Å². The van der Waals surface area contributed by atoms with Crippen molar-refractivity contribution < 1.29 is 8.91 Å². The van der Waals surface area contributed by atoms with Gasteiger partial charge in [-0.1, -0.05) is 12.1 Å². The van der Waals surface area contributed by atoms with Gasteiger partial charge in [-0.3, -0.25) is 0 Å². The summed E-state index contributed by atoms with van der Waals surface area (Å²) in [5, 5.41) is 3.80. The largest absolute Gasteiger partial charge is 0.334 e. The molecule has 0 aliphatic heterocycles. The molecule has 17 heavy (non-hydrogen) atoms. The number of aromatic nitrogens is 2. The second-order valence-corrected chi connectivity index (χ2v) is 4.46. The maximum absolute atomic E-state index is 13.1. The topological polar surface area (TPSA) is 64.9 Å². The van der Waals surface area contributed by atoms with Crippen LogP contribution in [0.15, 0.2) is 27.2 Å². The van der Waals surface area contributed by atoms with Crippen LogP contribution in [0.2, 0.25) is 0 Å². The quantitative estimate of drug-likeness (QED) is 0.946. The molecule has 0 amide bonds. The highest BCUT2D eigenvalue weighted by atomic mass is 79.9. The molecule has 2 aromatic rings. The molecule has 0 bridgehead atoms. The van der Waals surface area contributed by atoms with E-state index in [1.165, 1.54) is 6.07 Å². The molecule has 2 N–H and O–H groups in total. The fourth-order valence-electron chi connectivity index (χ4n) is 1.31. The molecule has 0 saturated carbocycles. The van der Waals surface area contributed by atoms with Crippen LogP contribution >= 0.6 is 15.9 Å². The van der Waals surface area contributed by atoms with Gasteiger partial charge in [0.1, 0.15) is 5.82 Å². The van der Waals surface area contributed by atoms with E-state index in [0.29, 0.717) is 21.8 Å². The monoisotopic (exact) mass is 299 g/mol. The summed E-state index contributed by atoms with van der Waals surface area (Å²) in [5.41, 5.74) is 6.44. The van der Waals surface area contributed by atoms with Crippen molar-refractivity contribution in [1.82, 2.24) is 10.1 Å². The zero-order valence-corrected chi connectivity index (χ0v) is 10.7. The minimum absolute atomic E-state index is 0.239. The third-order valence-corrected chi connectivity index (χ3v) is 2.99. The molecule has 90 valence electrons. The predicted molar refractivity (Wildman–Crippen MR) is 64.6 cm³/mol. The van der Waals surface area contributed by atoms with Gasteiger partial charge in [-0.15, -0.1) is 0 Å². The Hall–Kier alpha value is -1.27. The van der Waals surface area contributed by atoms with Gasteiger partial charge in [-0.05, 0) is 40.5 Å². The van der Waals surface area contributed by atoms with Gasteiger partial charge in [0.25, 0.3) is 5.89 Å². The lowest BCUT2D eigenvalue weighted by Gasteiger charge is -1.99. The Morgan fingerprint density at radius 2 is 2.29 bits per heavy atom. The number of nitrogens with zero attached hydrogens (tertiary/aromatic N) is 2. The molecule has 0 radical (unpaired) electrons. The summed E-state index contributed by atoms with van der Waals surface area (Å²) < 4.78 is 18.5. The molecule has 0 fully saturated rings. The average Bonchev–Trinajstić information content (AvgIpc) is 2.81. The van der Waals surface area contributed by atoms with Gasteiger partial charge in [0.05, 0.1) is 10.5 Å². The molecule has 1 heterocycles. The zero-order chi connectivity index (χ0) is 12.4. The number of halogens is 2. The van der Waals surface area contributed by atoms with Crippen LogP contribution in [0.1, 0.15) is 25.2 Å². The summed E-state index contributed by atoms with van der Waals surface area (Å²) in [7, 11) is 0. The van der Waals surface area contributed by atoms with E-state index < -0.39 is 0 Å². The molecule has 4 nitrogen and oxygen atoms in total. The maximum atomic E-state index is 13.1. The lowest BCUT2D eigenvalue weighted by molar-refractivity contribution is 0.415. The Balaban J connectivity index is 2.33. The number of nitrogens with two attached hydrogens (primary N) is 1. The van der Waals surface area contributed by atoms with Crippen LogP contribution in [-0.4, -0.2) is 10.1 Å². The van der Waals surface area contributed by atoms with Crippen molar-refractivity contribution >= 4 is 15.9 Å². The molecule has 1 atom stereocenters. The first kappa shape index (κ1) is 12.2. The van der Waals surface area contributed by atoms with Crippen molar-refractivity contribution in [3.05, 3.63) is 34.3 Å². The highest BCUT2D eigenvalue weighted by Gasteiger charge is 2.14. The molecule has 2 rings (SSSR count). The Kier molecular flexibility index (Phi) is 3.54. The van der Waals surface area contributed by atoms with E-state index in [4.69, 9.17) is 10.3 Å². The minimum atomic E-state index is -0.334. The van der Waals surface area contributed by atoms with E-state index in [1.807, 2.05) is 6.92 Å². The molecular formula is C11H11BrFN3O. The fraction of sp³-hybridized carbons (Fsp3) is 0.273. The van der Waals surface area contributed by atoms with Gasteiger partial charge in [-0.2, -0.15) is 4.98 Å². The summed E-state index contributed by atoms with van der Waals surface area (Å²) in [4.78, 5) is 4.18. The number of hydrogen-bond donors (Lipinski definition) is 1. The van der Waals surface area contributed by atoms with Crippen molar-refractivity contribution in [2.75, 3.05) is 0 Å². The lowest BCUT2D eigenvalue weighted by atomic mass is 10.2. The normalized spacial score (nSPS) is 12.7. The summed E-state index contributed by atoms with van der Waals surface area (Å²) >= 11 is 3.10. The first-order valence-electron chi connectivity index (χ1n) is 5.16. The van der Waals surface area contributed by atoms with Crippen LogP contribution in [0.4, 0.5) is 4.39 Å². The van der Waals surface area contributed by atoms with Crippen LogP contribution in [-0.2, 0) is 0 Å². The van der Waals surface area contributed by atoms with Crippen molar-refractivity contribution in [2.24, 2.45) is 5.73 Å². The molecule has 0 saturated heterocycles. The molecule has 0 aliphatic carbocycles. The standard InChI is InChI=1S/C11H11BrFN3O/c1-2-9(14)10-15-11(17-16-10)6-3-4-8(13)7(12)5-6/h3-5,9H,2,14H2,1H3. The van der Waals surface area contributed by atoms with E-state index in [2.05, 4.69) is 26.1 Å². The average molecular weight is 300 g/mol. The van der Waals surface area contributed by atoms with Crippen LogP contribution in [0.5, 0.6) is 0 Å². The summed E-state index contributed by atoms with van der Waals surface area (Å²) in [6.07, 6.45) is 0.728. The van der Waals surface area contributed by atoms with E-state index in [1.54, 1.807) is 12.1 Å². The van der Waals surface area contributed by atoms with Gasteiger partial charge < -0.3 is 10.3 Å². The Labute approximate surface area is 106 Å². The molecule has 1 aromatic carbocycles. The van der Waals surface area contributed by atoms with Crippen molar-refractivity contribution in [1.29, 1.82) is 0 Å². The first-order valence-corrected chi connectivity index (χ1v) is 5.95. The second kappa shape index (κ2) is 4.93. The number of rotatable bonds is 3. The van der Waals surface area contributed by atoms with Crippen LogP contribution < -0.4 is 5.73 Å². The molecular weight excluding hydrogens is 289 g/mol. The first-order chi connectivity index (χ1) is 8.11. The summed E-state index contributed by atoms with van der Waals surface area (Å²) in [5.74, 6) is 0.464. The number of benzene rings is 1. The summed E-state index contributed by atoms with van der Waals surface area (Å²) in [6.45, 7) is 1.94. The molecule has 6 heteroatoms. The van der Waals surface area contributed by atoms with Gasteiger partial charge in [0, 0.05) is 5.56 Å². The Bertz CT molecular complexity index is 529. The van der Waals surface area contributed by atoms with Gasteiger partial charge in [0.15, 0.2) is 5.82 Å². The predicted octanol–water partition coefficient (Wildman–Crippen LogP) is 3.05. The third-order valence-electron chi connectivity index (χ3n) is 2.38. The summed E-state index contributed by atoms with van der Waals surface area (Å²) in [6, 6.07) is 4.26. The van der Waals surface area contributed by atoms with E-state index in [9.17, 15) is 4.39 Å². The highest BCUT2D eigenvalue weighted by molar-refractivity contribution is 9.10. The van der Waals surface area contributed by atoms with E-state index >= 15 is 0 Å². The molecule has 0 aliphatic rings. The Morgan fingerprint density at radius 1 is 1.53 bits per heavy atom. The minimum Gasteiger partial charge on any atom is -0.334 e. The second-order valence-electron chi connectivity index (χ2n) is 3.60. The highest BCUT2D eigenvalue weighted by Crippen LogP contribution is 2.24. The van der Waals surface area contributed by atoms with Gasteiger partial charge >= 0.3 is 0 Å². The third kappa shape index (κ3) is 2.53. The molecule has 1 aromatic heterocycles. The SMILES string of the molecule is CCC(N)c1noc(-c2ccc(F)c(Br)c2)n1. The van der Waals surface area contributed by atoms with Gasteiger partial charge in [0.2, 0.25) is 0 Å².